The maximum absolute atomic E-state index is 11.4. The van der Waals surface area contributed by atoms with Gasteiger partial charge in [0, 0.05) is 23.1 Å². The molecule has 2 rings (SSSR count). The van der Waals surface area contributed by atoms with Gasteiger partial charge < -0.3 is 4.74 Å². The van der Waals surface area contributed by atoms with E-state index in [1.807, 2.05) is 13.1 Å². The van der Waals surface area contributed by atoms with E-state index >= 15 is 0 Å². The Labute approximate surface area is 112 Å². The number of hydrogen-bond donors (Lipinski definition) is 0. The maximum atomic E-state index is 11.4. The van der Waals surface area contributed by atoms with Gasteiger partial charge in [0.05, 0.1) is 6.61 Å². The fourth-order valence-electron chi connectivity index (χ4n) is 2.38. The predicted molar refractivity (Wildman–Crippen MR) is 73.4 cm³/mol. The summed E-state index contributed by atoms with van der Waals surface area (Å²) < 4.78 is 9.21. The monoisotopic (exact) mass is 265 g/mol. The van der Waals surface area contributed by atoms with Crippen molar-refractivity contribution in [3.8, 4) is 0 Å². The van der Waals surface area contributed by atoms with Gasteiger partial charge in [-0.3, -0.25) is 4.79 Å². The predicted octanol–water partition coefficient (Wildman–Crippen LogP) is 3.59. The number of rotatable bonds is 4. The van der Waals surface area contributed by atoms with Gasteiger partial charge >= 0.3 is 5.97 Å². The summed E-state index contributed by atoms with van der Waals surface area (Å²) in [5.41, 5.74) is 2.68. The van der Waals surface area contributed by atoms with Crippen LogP contribution in [0.4, 0.5) is 0 Å². The Kier molecular flexibility index (Phi) is 4.53. The fourth-order valence-corrected chi connectivity index (χ4v) is 2.98. The first-order chi connectivity index (χ1) is 8.70. The van der Waals surface area contributed by atoms with Crippen molar-refractivity contribution in [2.24, 2.45) is 5.92 Å². The molecule has 1 aromatic heterocycles. The molecule has 3 nitrogen and oxygen atoms in total. The van der Waals surface area contributed by atoms with Crippen molar-refractivity contribution in [1.29, 1.82) is 0 Å². The second-order valence-electron chi connectivity index (χ2n) is 4.67. The van der Waals surface area contributed by atoms with Crippen molar-refractivity contribution < 1.29 is 9.53 Å². The third-order valence-electron chi connectivity index (χ3n) is 3.38. The number of aryl methyl sites for hydroxylation is 1. The summed E-state index contributed by atoms with van der Waals surface area (Å²) >= 11 is 1.55. The topological polar surface area (TPSA) is 39.2 Å². The standard InChI is InChI=1S/C14H19NO2S/c1-3-17-14(16)8-11-4-6-12(7-5-11)13-9-15-18-10(13)2/h6,9,11H,3-5,7-8H2,1-2H3. The highest BCUT2D eigenvalue weighted by atomic mass is 32.1. The first kappa shape index (κ1) is 13.3. The molecule has 0 saturated carbocycles. The van der Waals surface area contributed by atoms with Crippen molar-refractivity contribution in [2.75, 3.05) is 6.61 Å². The minimum absolute atomic E-state index is 0.0623. The lowest BCUT2D eigenvalue weighted by molar-refractivity contribution is -0.144. The summed E-state index contributed by atoms with van der Waals surface area (Å²) in [4.78, 5) is 12.7. The van der Waals surface area contributed by atoms with Gasteiger partial charge in [-0.05, 0) is 56.1 Å². The van der Waals surface area contributed by atoms with E-state index < -0.39 is 0 Å². The van der Waals surface area contributed by atoms with Gasteiger partial charge in [-0.2, -0.15) is 0 Å². The zero-order valence-corrected chi connectivity index (χ0v) is 11.8. The second kappa shape index (κ2) is 6.14. The zero-order chi connectivity index (χ0) is 13.0. The molecule has 0 aliphatic heterocycles. The highest BCUT2D eigenvalue weighted by Crippen LogP contribution is 2.33. The van der Waals surface area contributed by atoms with Crippen molar-refractivity contribution >= 4 is 23.1 Å². The zero-order valence-electron chi connectivity index (χ0n) is 10.9. The number of ether oxygens (including phenoxy) is 1. The fraction of sp³-hybridized carbons (Fsp3) is 0.571. The number of allylic oxidation sites excluding steroid dienone is 2. The Morgan fingerprint density at radius 3 is 3.00 bits per heavy atom. The Hall–Kier alpha value is -1.16. The molecule has 0 aromatic carbocycles. The van der Waals surface area contributed by atoms with E-state index in [2.05, 4.69) is 17.4 Å². The molecule has 1 atom stereocenters. The van der Waals surface area contributed by atoms with Gasteiger partial charge in [0.2, 0.25) is 0 Å². The quantitative estimate of drug-likeness (QED) is 0.781. The lowest BCUT2D eigenvalue weighted by atomic mass is 9.85. The van der Waals surface area contributed by atoms with E-state index in [4.69, 9.17) is 4.74 Å². The van der Waals surface area contributed by atoms with Crippen LogP contribution in [0.1, 0.15) is 43.0 Å². The maximum Gasteiger partial charge on any atom is 0.306 e. The van der Waals surface area contributed by atoms with Crippen LogP contribution in [0.25, 0.3) is 5.57 Å². The van der Waals surface area contributed by atoms with E-state index in [0.29, 0.717) is 18.9 Å². The molecular formula is C14H19NO2S. The third kappa shape index (κ3) is 3.19. The molecule has 4 heteroatoms. The molecule has 1 aromatic rings. The van der Waals surface area contributed by atoms with Crippen molar-refractivity contribution in [3.05, 3.63) is 22.7 Å². The van der Waals surface area contributed by atoms with Crippen LogP contribution in [0.15, 0.2) is 12.3 Å². The average Bonchev–Trinajstić information content (AvgIpc) is 2.77. The Morgan fingerprint density at radius 2 is 2.44 bits per heavy atom. The third-order valence-corrected chi connectivity index (χ3v) is 4.08. The molecule has 98 valence electrons. The van der Waals surface area contributed by atoms with E-state index in [1.54, 1.807) is 11.5 Å². The van der Waals surface area contributed by atoms with Crippen LogP contribution in [0.3, 0.4) is 0 Å². The number of carbonyl (C=O) groups is 1. The van der Waals surface area contributed by atoms with E-state index in [-0.39, 0.29) is 5.97 Å². The second-order valence-corrected chi connectivity index (χ2v) is 5.68. The molecule has 18 heavy (non-hydrogen) atoms. The van der Waals surface area contributed by atoms with E-state index in [1.165, 1.54) is 16.0 Å². The van der Waals surface area contributed by atoms with Crippen LogP contribution >= 0.6 is 11.5 Å². The molecule has 1 heterocycles. The highest BCUT2D eigenvalue weighted by molar-refractivity contribution is 7.05. The number of nitrogens with zero attached hydrogens (tertiary/aromatic N) is 1. The van der Waals surface area contributed by atoms with Gasteiger partial charge in [0.15, 0.2) is 0 Å². The SMILES string of the molecule is CCOC(=O)CC1CC=C(c2cnsc2C)CC1. The normalized spacial score (nSPS) is 19.4. The molecule has 1 aliphatic rings. The summed E-state index contributed by atoms with van der Waals surface area (Å²) in [5.74, 6) is 0.382. The molecule has 0 bridgehead atoms. The minimum atomic E-state index is -0.0623. The van der Waals surface area contributed by atoms with Crippen molar-refractivity contribution in [3.63, 3.8) is 0 Å². The van der Waals surface area contributed by atoms with Crippen LogP contribution < -0.4 is 0 Å². The van der Waals surface area contributed by atoms with Crippen LogP contribution in [0.5, 0.6) is 0 Å². The lowest BCUT2D eigenvalue weighted by Gasteiger charge is -2.21. The van der Waals surface area contributed by atoms with Crippen LogP contribution in [0, 0.1) is 12.8 Å². The smallest absolute Gasteiger partial charge is 0.306 e. The molecule has 0 N–H and O–H groups in total. The average molecular weight is 265 g/mol. The molecule has 0 spiro atoms. The Morgan fingerprint density at radius 1 is 1.61 bits per heavy atom. The molecule has 0 amide bonds. The van der Waals surface area contributed by atoms with Crippen LogP contribution in [0.2, 0.25) is 0 Å². The molecule has 1 unspecified atom stereocenters. The summed E-state index contributed by atoms with van der Waals surface area (Å²) in [6.07, 6.45) is 7.87. The number of aromatic nitrogens is 1. The lowest BCUT2D eigenvalue weighted by Crippen LogP contribution is -2.13. The molecule has 0 saturated heterocycles. The van der Waals surface area contributed by atoms with Crippen LogP contribution in [-0.2, 0) is 9.53 Å². The summed E-state index contributed by atoms with van der Waals surface area (Å²) in [6.45, 7) is 4.44. The van der Waals surface area contributed by atoms with E-state index in [9.17, 15) is 4.79 Å². The van der Waals surface area contributed by atoms with Crippen molar-refractivity contribution in [1.82, 2.24) is 4.37 Å². The van der Waals surface area contributed by atoms with Gasteiger partial charge in [-0.25, -0.2) is 4.37 Å². The van der Waals surface area contributed by atoms with Gasteiger partial charge in [-0.15, -0.1) is 0 Å². The summed E-state index contributed by atoms with van der Waals surface area (Å²) in [6, 6.07) is 0. The highest BCUT2D eigenvalue weighted by Gasteiger charge is 2.20. The van der Waals surface area contributed by atoms with Crippen molar-refractivity contribution in [2.45, 2.75) is 39.5 Å². The number of hydrogen-bond acceptors (Lipinski definition) is 4. The Bertz CT molecular complexity index is 450. The molecule has 1 aliphatic carbocycles. The van der Waals surface area contributed by atoms with Gasteiger partial charge in [0.25, 0.3) is 0 Å². The van der Waals surface area contributed by atoms with Gasteiger partial charge in [0.1, 0.15) is 0 Å². The minimum Gasteiger partial charge on any atom is -0.466 e. The largest absolute Gasteiger partial charge is 0.466 e. The first-order valence-corrected chi connectivity index (χ1v) is 7.24. The van der Waals surface area contributed by atoms with Crippen LogP contribution in [-0.4, -0.2) is 16.9 Å². The summed E-state index contributed by atoms with van der Waals surface area (Å²) in [5, 5.41) is 0. The summed E-state index contributed by atoms with van der Waals surface area (Å²) in [7, 11) is 0. The van der Waals surface area contributed by atoms with Gasteiger partial charge in [-0.1, -0.05) is 6.08 Å². The molecular weight excluding hydrogens is 246 g/mol. The van der Waals surface area contributed by atoms with E-state index in [0.717, 1.165) is 19.3 Å². The molecule has 0 fully saturated rings. The number of carbonyl (C=O) groups excluding carboxylic acids is 1. The first-order valence-electron chi connectivity index (χ1n) is 6.47. The Balaban J connectivity index is 1.92. The number of esters is 1. The molecule has 0 radical (unpaired) electrons.